The van der Waals surface area contributed by atoms with Gasteiger partial charge in [-0.3, -0.25) is 4.79 Å². The second-order valence-electron chi connectivity index (χ2n) is 4.71. The van der Waals surface area contributed by atoms with E-state index in [0.29, 0.717) is 44.7 Å². The highest BCUT2D eigenvalue weighted by molar-refractivity contribution is 6.32. The predicted molar refractivity (Wildman–Crippen MR) is 70.7 cm³/mol. The zero-order chi connectivity index (χ0) is 13.9. The van der Waals surface area contributed by atoms with Crippen LogP contribution in [0.2, 0.25) is 5.15 Å². The molecule has 1 N–H and O–H groups in total. The normalized spacial score (nSPS) is 18.1. The molecule has 0 radical (unpaired) electrons. The van der Waals surface area contributed by atoms with Crippen molar-refractivity contribution in [2.24, 2.45) is 0 Å². The zero-order valence-corrected chi connectivity index (χ0v) is 11.4. The van der Waals surface area contributed by atoms with E-state index in [0.717, 1.165) is 0 Å². The van der Waals surface area contributed by atoms with Gasteiger partial charge in [-0.05, 0) is 0 Å². The molecule has 0 spiro atoms. The molecule has 0 aromatic carbocycles. The minimum atomic E-state index is -0.829. The third-order valence-electron chi connectivity index (χ3n) is 3.25. The number of aliphatic hydroxyl groups is 1. The smallest absolute Gasteiger partial charge is 0.156 e. The molecule has 1 fully saturated rings. The number of hydrogen-bond acceptors (Lipinski definition) is 6. The predicted octanol–water partition coefficient (Wildman–Crippen LogP) is 0.920. The van der Waals surface area contributed by atoms with E-state index >= 15 is 0 Å². The highest BCUT2D eigenvalue weighted by atomic mass is 35.5. The molecule has 1 saturated heterocycles. The maximum atomic E-state index is 11.1. The molecule has 1 aliphatic rings. The van der Waals surface area contributed by atoms with Crippen molar-refractivity contribution in [3.05, 3.63) is 17.0 Å². The zero-order valence-electron chi connectivity index (χ0n) is 10.7. The van der Waals surface area contributed by atoms with Crippen molar-refractivity contribution in [3.8, 4) is 0 Å². The number of aldehydes is 1. The molecule has 2 rings (SSSR count). The van der Waals surface area contributed by atoms with E-state index in [1.54, 1.807) is 11.9 Å². The molecule has 0 unspecified atom stereocenters. The van der Waals surface area contributed by atoms with E-state index in [-0.39, 0.29) is 10.7 Å². The fourth-order valence-electron chi connectivity index (χ4n) is 2.20. The summed E-state index contributed by atoms with van der Waals surface area (Å²) in [5, 5.41) is 10.6. The standard InChI is InChI=1S/C12H16ClN3O3/c1-16(7-12(18)2-4-19-5-3-12)11-9(6-17)10(13)14-8-15-11/h6,8,18H,2-5,7H2,1H3. The van der Waals surface area contributed by atoms with Crippen LogP contribution in [-0.4, -0.2) is 53.8 Å². The number of halogens is 1. The molecule has 0 amide bonds. The Labute approximate surface area is 116 Å². The van der Waals surface area contributed by atoms with Crippen molar-refractivity contribution >= 4 is 23.7 Å². The Balaban J connectivity index is 2.17. The van der Waals surface area contributed by atoms with Gasteiger partial charge in [0.2, 0.25) is 0 Å². The number of hydrogen-bond donors (Lipinski definition) is 1. The lowest BCUT2D eigenvalue weighted by atomic mass is 9.94. The minimum absolute atomic E-state index is 0.116. The summed E-state index contributed by atoms with van der Waals surface area (Å²) in [6.45, 7) is 1.44. The Morgan fingerprint density at radius 1 is 1.53 bits per heavy atom. The highest BCUT2D eigenvalue weighted by Crippen LogP contribution is 2.26. The molecule has 19 heavy (non-hydrogen) atoms. The number of nitrogens with zero attached hydrogens (tertiary/aromatic N) is 3. The van der Waals surface area contributed by atoms with Gasteiger partial charge in [0.15, 0.2) is 6.29 Å². The summed E-state index contributed by atoms with van der Waals surface area (Å²) in [5.74, 6) is 0.426. The van der Waals surface area contributed by atoms with Crippen LogP contribution in [0.4, 0.5) is 5.82 Å². The van der Waals surface area contributed by atoms with Gasteiger partial charge in [-0.15, -0.1) is 0 Å². The van der Waals surface area contributed by atoms with Crippen LogP contribution in [0.15, 0.2) is 6.33 Å². The Morgan fingerprint density at radius 2 is 2.21 bits per heavy atom. The lowest BCUT2D eigenvalue weighted by molar-refractivity contribution is -0.0573. The van der Waals surface area contributed by atoms with Gasteiger partial charge in [-0.1, -0.05) is 11.6 Å². The van der Waals surface area contributed by atoms with Gasteiger partial charge in [0.05, 0.1) is 11.2 Å². The average molecular weight is 286 g/mol. The van der Waals surface area contributed by atoms with Crippen LogP contribution in [0, 0.1) is 0 Å². The molecule has 1 aromatic rings. The maximum absolute atomic E-state index is 11.1. The summed E-state index contributed by atoms with van der Waals surface area (Å²) < 4.78 is 5.23. The highest BCUT2D eigenvalue weighted by Gasteiger charge is 2.32. The first kappa shape index (κ1) is 14.2. The molecule has 1 aromatic heterocycles. The van der Waals surface area contributed by atoms with Crippen LogP contribution in [0.3, 0.4) is 0 Å². The lowest BCUT2D eigenvalue weighted by Crippen LogP contribution is -2.46. The van der Waals surface area contributed by atoms with Crippen molar-refractivity contribution in [1.29, 1.82) is 0 Å². The van der Waals surface area contributed by atoms with Gasteiger partial charge >= 0.3 is 0 Å². The van der Waals surface area contributed by atoms with Gasteiger partial charge in [-0.25, -0.2) is 9.97 Å². The number of likely N-dealkylation sites (N-methyl/N-ethyl adjacent to an activating group) is 1. The molecule has 7 heteroatoms. The van der Waals surface area contributed by atoms with Crippen molar-refractivity contribution in [2.75, 3.05) is 31.7 Å². The minimum Gasteiger partial charge on any atom is -0.388 e. The number of carbonyl (C=O) groups is 1. The van der Waals surface area contributed by atoms with Gasteiger partial charge in [0, 0.05) is 39.6 Å². The number of anilines is 1. The molecule has 0 atom stereocenters. The second kappa shape index (κ2) is 5.81. The van der Waals surface area contributed by atoms with Crippen LogP contribution >= 0.6 is 11.6 Å². The molecule has 6 nitrogen and oxygen atoms in total. The first-order valence-electron chi connectivity index (χ1n) is 6.03. The van der Waals surface area contributed by atoms with E-state index < -0.39 is 5.60 Å². The number of rotatable bonds is 4. The van der Waals surface area contributed by atoms with Crippen LogP contribution in [-0.2, 0) is 4.74 Å². The van der Waals surface area contributed by atoms with Crippen LogP contribution in [0.25, 0.3) is 0 Å². The second-order valence-corrected chi connectivity index (χ2v) is 5.07. The lowest BCUT2D eigenvalue weighted by Gasteiger charge is -2.36. The molecule has 104 valence electrons. The van der Waals surface area contributed by atoms with E-state index in [4.69, 9.17) is 16.3 Å². The summed E-state index contributed by atoms with van der Waals surface area (Å²) >= 11 is 5.86. The maximum Gasteiger partial charge on any atom is 0.156 e. The van der Waals surface area contributed by atoms with Gasteiger partial charge in [-0.2, -0.15) is 0 Å². The summed E-state index contributed by atoms with van der Waals surface area (Å²) in [5.41, 5.74) is -0.591. The molecule has 0 aliphatic carbocycles. The first-order chi connectivity index (χ1) is 9.06. The van der Waals surface area contributed by atoms with Gasteiger partial charge in [0.1, 0.15) is 17.3 Å². The van der Waals surface area contributed by atoms with E-state index in [1.165, 1.54) is 6.33 Å². The average Bonchev–Trinajstić information content (AvgIpc) is 2.38. The van der Waals surface area contributed by atoms with E-state index in [9.17, 15) is 9.90 Å². The Bertz CT molecular complexity index is 464. The van der Waals surface area contributed by atoms with Crippen LogP contribution < -0.4 is 4.90 Å². The fourth-order valence-corrected chi connectivity index (χ4v) is 2.37. The van der Waals surface area contributed by atoms with Crippen molar-refractivity contribution in [1.82, 2.24) is 9.97 Å². The SMILES string of the molecule is CN(CC1(O)CCOCC1)c1ncnc(Cl)c1C=O. The Hall–Kier alpha value is -1.24. The number of ether oxygens (including phenoxy) is 1. The Kier molecular flexibility index (Phi) is 4.34. The summed E-state index contributed by atoms with van der Waals surface area (Å²) in [6, 6.07) is 0. The van der Waals surface area contributed by atoms with Crippen molar-refractivity contribution in [3.63, 3.8) is 0 Å². The molecule has 0 saturated carbocycles. The van der Waals surface area contributed by atoms with E-state index in [2.05, 4.69) is 9.97 Å². The third kappa shape index (κ3) is 3.20. The summed E-state index contributed by atoms with van der Waals surface area (Å²) in [7, 11) is 1.76. The Morgan fingerprint density at radius 3 is 2.84 bits per heavy atom. The molecule has 2 heterocycles. The molecule has 1 aliphatic heterocycles. The van der Waals surface area contributed by atoms with Crippen molar-refractivity contribution in [2.45, 2.75) is 18.4 Å². The fraction of sp³-hybridized carbons (Fsp3) is 0.583. The largest absolute Gasteiger partial charge is 0.388 e. The molecular formula is C12H16ClN3O3. The number of aromatic nitrogens is 2. The summed E-state index contributed by atoms with van der Waals surface area (Å²) in [4.78, 5) is 20.6. The van der Waals surface area contributed by atoms with Gasteiger partial charge in [0.25, 0.3) is 0 Å². The molecular weight excluding hydrogens is 270 g/mol. The van der Waals surface area contributed by atoms with E-state index in [1.807, 2.05) is 0 Å². The first-order valence-corrected chi connectivity index (χ1v) is 6.40. The van der Waals surface area contributed by atoms with Crippen molar-refractivity contribution < 1.29 is 14.6 Å². The summed E-state index contributed by atoms with van der Waals surface area (Å²) in [6.07, 6.45) is 3.05. The van der Waals surface area contributed by atoms with Crippen LogP contribution in [0.1, 0.15) is 23.2 Å². The third-order valence-corrected chi connectivity index (χ3v) is 3.55. The topological polar surface area (TPSA) is 75.6 Å². The monoisotopic (exact) mass is 285 g/mol. The van der Waals surface area contributed by atoms with Crippen LogP contribution in [0.5, 0.6) is 0 Å². The number of carbonyl (C=O) groups excluding carboxylic acids is 1. The molecule has 0 bridgehead atoms. The quantitative estimate of drug-likeness (QED) is 0.655. The van der Waals surface area contributed by atoms with Gasteiger partial charge < -0.3 is 14.7 Å².